The number of rotatable bonds is 5. The fraction of sp³-hybridized carbons (Fsp3) is 0.125. The molecule has 0 aliphatic rings. The van der Waals surface area contributed by atoms with Crippen LogP contribution in [-0.4, -0.2) is 29.5 Å². The van der Waals surface area contributed by atoms with Gasteiger partial charge in [-0.15, -0.1) is 0 Å². The normalized spacial score (nSPS) is 11.4. The molecule has 2 aromatic rings. The van der Waals surface area contributed by atoms with Gasteiger partial charge in [-0.25, -0.2) is 5.06 Å². The number of carbonyl (C=O) groups is 2. The second-order valence-corrected chi connectivity index (χ2v) is 4.38. The van der Waals surface area contributed by atoms with Crippen molar-refractivity contribution in [2.75, 3.05) is 7.11 Å². The Morgan fingerprint density at radius 1 is 1.24 bits per heavy atom. The van der Waals surface area contributed by atoms with Gasteiger partial charge in [0, 0.05) is 0 Å². The first kappa shape index (κ1) is 14.7. The van der Waals surface area contributed by atoms with Crippen molar-refractivity contribution in [1.29, 1.82) is 0 Å². The van der Waals surface area contributed by atoms with E-state index in [0.717, 1.165) is 27.5 Å². The minimum atomic E-state index is -0.639. The van der Waals surface area contributed by atoms with Crippen LogP contribution in [0.3, 0.4) is 0 Å². The Morgan fingerprint density at radius 2 is 1.95 bits per heavy atom. The lowest BCUT2D eigenvalue weighted by molar-refractivity contribution is -0.173. The molecule has 1 amide bonds. The van der Waals surface area contributed by atoms with Crippen molar-refractivity contribution < 1.29 is 19.5 Å². The third-order valence-electron chi connectivity index (χ3n) is 3.05. The molecular formula is C16H15NO4. The van der Waals surface area contributed by atoms with E-state index in [4.69, 9.17) is 9.94 Å². The number of hydroxylamine groups is 2. The molecule has 0 saturated carbocycles. The summed E-state index contributed by atoms with van der Waals surface area (Å²) in [6.07, 6.45) is 1.02. The number of fused-ring (bicyclic) bond motifs is 1. The summed E-state index contributed by atoms with van der Waals surface area (Å²) < 4.78 is 0. The molecule has 0 unspecified atom stereocenters. The lowest BCUT2D eigenvalue weighted by atomic mass is 10.0. The van der Waals surface area contributed by atoms with Gasteiger partial charge in [-0.05, 0) is 16.3 Å². The predicted octanol–water partition coefficient (Wildman–Crippen LogP) is 2.37. The van der Waals surface area contributed by atoms with Crippen molar-refractivity contribution in [3.63, 3.8) is 0 Å². The van der Waals surface area contributed by atoms with Gasteiger partial charge in [-0.1, -0.05) is 42.5 Å². The topological polar surface area (TPSA) is 66.8 Å². The van der Waals surface area contributed by atoms with Crippen LogP contribution in [0.5, 0.6) is 0 Å². The van der Waals surface area contributed by atoms with Gasteiger partial charge < -0.3 is 5.11 Å². The molecule has 0 aromatic heterocycles. The monoisotopic (exact) mass is 285 g/mol. The molecule has 2 aromatic carbocycles. The van der Waals surface area contributed by atoms with Gasteiger partial charge in [0.05, 0.1) is 19.7 Å². The van der Waals surface area contributed by atoms with Gasteiger partial charge in [-0.2, -0.15) is 0 Å². The van der Waals surface area contributed by atoms with E-state index in [-0.39, 0.29) is 12.8 Å². The highest BCUT2D eigenvalue weighted by Crippen LogP contribution is 2.20. The van der Waals surface area contributed by atoms with Crippen LogP contribution >= 0.6 is 0 Å². The van der Waals surface area contributed by atoms with Crippen LogP contribution in [0.1, 0.15) is 5.56 Å². The van der Waals surface area contributed by atoms with E-state index < -0.39 is 11.7 Å². The first-order valence-corrected chi connectivity index (χ1v) is 6.34. The summed E-state index contributed by atoms with van der Waals surface area (Å²) in [5.41, 5.74) is 0.905. The fourth-order valence-corrected chi connectivity index (χ4v) is 2.05. The highest BCUT2D eigenvalue weighted by Gasteiger charge is 2.13. The van der Waals surface area contributed by atoms with Crippen LogP contribution in [-0.2, 0) is 21.0 Å². The number of benzene rings is 2. The maximum atomic E-state index is 11.9. The standard InChI is InChI=1S/C16H15NO4/c1-21-17(16(20)9-14(19)11-18)10-13-7-4-6-12-5-2-3-8-15(12)13/h2-9,11,19H,10H2,1H3/b14-9-. The molecule has 0 aliphatic carbocycles. The van der Waals surface area contributed by atoms with E-state index in [1.165, 1.54) is 7.11 Å². The lowest BCUT2D eigenvalue weighted by Crippen LogP contribution is -2.28. The van der Waals surface area contributed by atoms with E-state index in [1.807, 2.05) is 42.5 Å². The van der Waals surface area contributed by atoms with E-state index in [1.54, 1.807) is 0 Å². The second-order valence-electron chi connectivity index (χ2n) is 4.38. The van der Waals surface area contributed by atoms with Gasteiger partial charge in [0.2, 0.25) is 0 Å². The van der Waals surface area contributed by atoms with Crippen molar-refractivity contribution in [1.82, 2.24) is 5.06 Å². The van der Waals surface area contributed by atoms with Crippen LogP contribution in [0.15, 0.2) is 54.3 Å². The molecule has 0 aliphatic heterocycles. The minimum absolute atomic E-state index is 0.198. The maximum Gasteiger partial charge on any atom is 0.274 e. The van der Waals surface area contributed by atoms with E-state index >= 15 is 0 Å². The van der Waals surface area contributed by atoms with Crippen molar-refractivity contribution in [3.05, 3.63) is 59.9 Å². The van der Waals surface area contributed by atoms with Gasteiger partial charge in [-0.3, -0.25) is 14.4 Å². The van der Waals surface area contributed by atoms with Gasteiger partial charge in [0.25, 0.3) is 5.91 Å². The Bertz CT molecular complexity index is 688. The number of carbonyl (C=O) groups excluding carboxylic acids is 2. The number of allylic oxidation sites excluding steroid dienone is 1. The van der Waals surface area contributed by atoms with Crippen molar-refractivity contribution >= 4 is 23.0 Å². The summed E-state index contributed by atoms with van der Waals surface area (Å²) in [4.78, 5) is 27.3. The quantitative estimate of drug-likeness (QED) is 0.396. The first-order chi connectivity index (χ1) is 10.2. The molecule has 1 N–H and O–H groups in total. The van der Waals surface area contributed by atoms with Crippen LogP contribution < -0.4 is 0 Å². The predicted molar refractivity (Wildman–Crippen MR) is 78.3 cm³/mol. The Labute approximate surface area is 122 Å². The molecule has 0 saturated heterocycles. The highest BCUT2D eigenvalue weighted by atomic mass is 16.7. The van der Waals surface area contributed by atoms with Gasteiger partial charge >= 0.3 is 0 Å². The number of hydrogen-bond donors (Lipinski definition) is 1. The molecule has 0 atom stereocenters. The van der Waals surface area contributed by atoms with Crippen LogP contribution in [0.2, 0.25) is 0 Å². The number of hydrogen-bond acceptors (Lipinski definition) is 4. The fourth-order valence-electron chi connectivity index (χ4n) is 2.05. The average Bonchev–Trinajstić information content (AvgIpc) is 2.52. The van der Waals surface area contributed by atoms with Crippen LogP contribution in [0.4, 0.5) is 0 Å². The molecule has 21 heavy (non-hydrogen) atoms. The van der Waals surface area contributed by atoms with Crippen LogP contribution in [0.25, 0.3) is 10.8 Å². The largest absolute Gasteiger partial charge is 0.504 e. The number of aliphatic hydroxyl groups excluding tert-OH is 1. The summed E-state index contributed by atoms with van der Waals surface area (Å²) in [7, 11) is 1.36. The lowest BCUT2D eigenvalue weighted by Gasteiger charge is -2.19. The molecule has 108 valence electrons. The summed E-state index contributed by atoms with van der Waals surface area (Å²) in [5, 5.41) is 12.2. The summed E-state index contributed by atoms with van der Waals surface area (Å²) in [6.45, 7) is 0.208. The summed E-state index contributed by atoms with van der Waals surface area (Å²) >= 11 is 0. The average molecular weight is 285 g/mol. The Kier molecular flexibility index (Phi) is 4.68. The number of aliphatic hydroxyl groups is 1. The van der Waals surface area contributed by atoms with Gasteiger partial charge in [0.15, 0.2) is 12.0 Å². The SMILES string of the molecule is CON(Cc1cccc2ccccc12)C(=O)/C=C(\O)C=O. The third kappa shape index (κ3) is 3.46. The molecule has 0 bridgehead atoms. The molecular weight excluding hydrogens is 270 g/mol. The number of amides is 1. The second kappa shape index (κ2) is 6.67. The third-order valence-corrected chi connectivity index (χ3v) is 3.05. The Balaban J connectivity index is 2.29. The maximum absolute atomic E-state index is 11.9. The molecule has 0 fully saturated rings. The van der Waals surface area contributed by atoms with Crippen LogP contribution in [0, 0.1) is 0 Å². The summed E-state index contributed by atoms with van der Waals surface area (Å²) in [6, 6.07) is 13.6. The highest BCUT2D eigenvalue weighted by molar-refractivity contribution is 5.92. The summed E-state index contributed by atoms with van der Waals surface area (Å²) in [5.74, 6) is -1.24. The molecule has 5 nitrogen and oxygen atoms in total. The minimum Gasteiger partial charge on any atom is -0.504 e. The zero-order valence-electron chi connectivity index (χ0n) is 11.5. The number of aldehydes is 1. The van der Waals surface area contributed by atoms with Gasteiger partial charge in [0.1, 0.15) is 0 Å². The molecule has 0 heterocycles. The van der Waals surface area contributed by atoms with E-state index in [9.17, 15) is 9.59 Å². The zero-order valence-corrected chi connectivity index (χ0v) is 11.5. The van der Waals surface area contributed by atoms with E-state index in [0.29, 0.717) is 0 Å². The molecule has 0 radical (unpaired) electrons. The molecule has 2 rings (SSSR count). The van der Waals surface area contributed by atoms with E-state index in [2.05, 4.69) is 0 Å². The zero-order chi connectivity index (χ0) is 15.2. The smallest absolute Gasteiger partial charge is 0.274 e. The van der Waals surface area contributed by atoms with Crippen molar-refractivity contribution in [3.8, 4) is 0 Å². The number of nitrogens with zero attached hydrogens (tertiary/aromatic N) is 1. The van der Waals surface area contributed by atoms with Crippen molar-refractivity contribution in [2.45, 2.75) is 6.54 Å². The first-order valence-electron chi connectivity index (χ1n) is 6.34. The van der Waals surface area contributed by atoms with Crippen molar-refractivity contribution in [2.24, 2.45) is 0 Å². The Hall–Kier alpha value is -2.66. The Morgan fingerprint density at radius 3 is 2.67 bits per heavy atom. The molecule has 0 spiro atoms. The molecule has 5 heteroatoms.